The minimum Gasteiger partial charge on any atom is -0.376 e. The SMILES string of the molecule is CCOC1CC(N)C1NC(=O)c1cccc(Cl)c1. The lowest BCUT2D eigenvalue weighted by atomic mass is 9.83. The van der Waals surface area contributed by atoms with Gasteiger partial charge in [-0.25, -0.2) is 0 Å². The molecule has 3 N–H and O–H groups in total. The van der Waals surface area contributed by atoms with Gasteiger partial charge in [-0.15, -0.1) is 0 Å². The molecule has 1 aromatic rings. The van der Waals surface area contributed by atoms with E-state index in [4.69, 9.17) is 22.1 Å². The largest absolute Gasteiger partial charge is 0.376 e. The van der Waals surface area contributed by atoms with Crippen LogP contribution in [0.2, 0.25) is 5.02 Å². The molecule has 0 bridgehead atoms. The molecule has 1 amide bonds. The molecular formula is C13H17ClN2O2. The molecule has 0 aromatic heterocycles. The Kier molecular flexibility index (Phi) is 4.22. The summed E-state index contributed by atoms with van der Waals surface area (Å²) < 4.78 is 5.50. The van der Waals surface area contributed by atoms with Gasteiger partial charge in [0.05, 0.1) is 12.1 Å². The second-order valence-corrected chi connectivity index (χ2v) is 4.84. The van der Waals surface area contributed by atoms with Crippen molar-refractivity contribution in [1.82, 2.24) is 5.32 Å². The van der Waals surface area contributed by atoms with Crippen molar-refractivity contribution in [2.24, 2.45) is 5.73 Å². The maximum Gasteiger partial charge on any atom is 0.251 e. The van der Waals surface area contributed by atoms with Crippen LogP contribution in [0.25, 0.3) is 0 Å². The van der Waals surface area contributed by atoms with E-state index >= 15 is 0 Å². The van der Waals surface area contributed by atoms with E-state index in [0.717, 1.165) is 6.42 Å². The lowest BCUT2D eigenvalue weighted by Gasteiger charge is -2.42. The zero-order valence-electron chi connectivity index (χ0n) is 10.2. The highest BCUT2D eigenvalue weighted by Gasteiger charge is 2.40. The van der Waals surface area contributed by atoms with Crippen LogP contribution in [0.5, 0.6) is 0 Å². The Balaban J connectivity index is 1.98. The molecule has 1 aliphatic rings. The summed E-state index contributed by atoms with van der Waals surface area (Å²) in [5, 5.41) is 3.44. The third-order valence-electron chi connectivity index (χ3n) is 3.13. The van der Waals surface area contributed by atoms with Crippen molar-refractivity contribution in [3.05, 3.63) is 34.9 Å². The van der Waals surface area contributed by atoms with E-state index in [1.165, 1.54) is 0 Å². The smallest absolute Gasteiger partial charge is 0.251 e. The van der Waals surface area contributed by atoms with Gasteiger partial charge in [-0.1, -0.05) is 17.7 Å². The Hall–Kier alpha value is -1.10. The molecular weight excluding hydrogens is 252 g/mol. The summed E-state index contributed by atoms with van der Waals surface area (Å²) in [7, 11) is 0. The molecule has 0 saturated heterocycles. The number of nitrogens with one attached hydrogen (secondary N) is 1. The topological polar surface area (TPSA) is 64.3 Å². The van der Waals surface area contributed by atoms with Crippen LogP contribution in [0.4, 0.5) is 0 Å². The molecule has 2 rings (SSSR count). The number of carbonyl (C=O) groups excluding carboxylic acids is 1. The van der Waals surface area contributed by atoms with Crippen LogP contribution in [-0.2, 0) is 4.74 Å². The highest BCUT2D eigenvalue weighted by molar-refractivity contribution is 6.30. The van der Waals surface area contributed by atoms with Crippen LogP contribution < -0.4 is 11.1 Å². The third kappa shape index (κ3) is 2.83. The van der Waals surface area contributed by atoms with Crippen molar-refractivity contribution >= 4 is 17.5 Å². The van der Waals surface area contributed by atoms with Gasteiger partial charge in [0.15, 0.2) is 0 Å². The summed E-state index contributed by atoms with van der Waals surface area (Å²) in [5.74, 6) is -0.164. The number of nitrogens with two attached hydrogens (primary N) is 1. The van der Waals surface area contributed by atoms with Crippen molar-refractivity contribution < 1.29 is 9.53 Å². The average Bonchev–Trinajstić information content (AvgIpc) is 2.35. The minimum atomic E-state index is -0.164. The molecule has 4 nitrogen and oxygen atoms in total. The van der Waals surface area contributed by atoms with Gasteiger partial charge in [0.25, 0.3) is 5.91 Å². The van der Waals surface area contributed by atoms with Gasteiger partial charge in [0.2, 0.25) is 0 Å². The number of ether oxygens (including phenoxy) is 1. The second kappa shape index (κ2) is 5.69. The first kappa shape index (κ1) is 13.3. The first-order chi connectivity index (χ1) is 8.61. The van der Waals surface area contributed by atoms with Gasteiger partial charge < -0.3 is 15.8 Å². The second-order valence-electron chi connectivity index (χ2n) is 4.40. The molecule has 5 heteroatoms. The molecule has 98 valence electrons. The normalized spacial score (nSPS) is 26.5. The van der Waals surface area contributed by atoms with E-state index in [-0.39, 0.29) is 24.1 Å². The molecule has 1 fully saturated rings. The van der Waals surface area contributed by atoms with Crippen LogP contribution in [-0.4, -0.2) is 30.7 Å². The quantitative estimate of drug-likeness (QED) is 0.871. The number of carbonyl (C=O) groups is 1. The Morgan fingerprint density at radius 3 is 3.00 bits per heavy atom. The lowest BCUT2D eigenvalue weighted by Crippen LogP contribution is -2.64. The van der Waals surface area contributed by atoms with Gasteiger partial charge in [0.1, 0.15) is 0 Å². The van der Waals surface area contributed by atoms with Gasteiger partial charge in [-0.3, -0.25) is 4.79 Å². The maximum absolute atomic E-state index is 12.0. The number of benzene rings is 1. The fourth-order valence-corrected chi connectivity index (χ4v) is 2.28. The molecule has 3 atom stereocenters. The van der Waals surface area contributed by atoms with Crippen molar-refractivity contribution in [1.29, 1.82) is 0 Å². The average molecular weight is 269 g/mol. The van der Waals surface area contributed by atoms with Crippen molar-refractivity contribution in [2.75, 3.05) is 6.61 Å². The molecule has 1 aromatic carbocycles. The minimum absolute atomic E-state index is 0.0214. The van der Waals surface area contributed by atoms with Crippen LogP contribution in [0.15, 0.2) is 24.3 Å². The molecule has 0 aliphatic heterocycles. The lowest BCUT2D eigenvalue weighted by molar-refractivity contribution is -0.0300. The first-order valence-corrected chi connectivity index (χ1v) is 6.43. The molecule has 18 heavy (non-hydrogen) atoms. The van der Waals surface area contributed by atoms with E-state index in [1.54, 1.807) is 24.3 Å². The van der Waals surface area contributed by atoms with Crippen LogP contribution in [0.1, 0.15) is 23.7 Å². The highest BCUT2D eigenvalue weighted by Crippen LogP contribution is 2.23. The van der Waals surface area contributed by atoms with E-state index in [2.05, 4.69) is 5.32 Å². The van der Waals surface area contributed by atoms with E-state index in [9.17, 15) is 4.79 Å². The first-order valence-electron chi connectivity index (χ1n) is 6.05. The fraction of sp³-hybridized carbons (Fsp3) is 0.462. The summed E-state index contributed by atoms with van der Waals surface area (Å²) in [4.78, 5) is 12.0. The van der Waals surface area contributed by atoms with Crippen molar-refractivity contribution in [2.45, 2.75) is 31.5 Å². The molecule has 0 radical (unpaired) electrons. The predicted molar refractivity (Wildman–Crippen MR) is 70.7 cm³/mol. The predicted octanol–water partition coefficient (Wildman–Crippen LogP) is 1.57. The standard InChI is InChI=1S/C13H17ClN2O2/c1-2-18-11-7-10(15)12(11)16-13(17)8-4-3-5-9(14)6-8/h3-6,10-12H,2,7,15H2,1H3,(H,16,17). The van der Waals surface area contributed by atoms with Crippen LogP contribution in [0, 0.1) is 0 Å². The molecule has 1 saturated carbocycles. The molecule has 0 spiro atoms. The number of rotatable bonds is 4. The van der Waals surface area contributed by atoms with E-state index in [1.807, 2.05) is 6.92 Å². The van der Waals surface area contributed by atoms with Gasteiger partial charge >= 0.3 is 0 Å². The van der Waals surface area contributed by atoms with Crippen LogP contribution in [0.3, 0.4) is 0 Å². The van der Waals surface area contributed by atoms with Crippen LogP contribution >= 0.6 is 11.6 Å². The summed E-state index contributed by atoms with van der Waals surface area (Å²) in [6.07, 6.45) is 0.807. The number of hydrogen-bond donors (Lipinski definition) is 2. The summed E-state index contributed by atoms with van der Waals surface area (Å²) in [5.41, 5.74) is 6.42. The third-order valence-corrected chi connectivity index (χ3v) is 3.37. The summed E-state index contributed by atoms with van der Waals surface area (Å²) in [6.45, 7) is 2.56. The van der Waals surface area contributed by atoms with E-state index < -0.39 is 0 Å². The number of hydrogen-bond acceptors (Lipinski definition) is 3. The zero-order chi connectivity index (χ0) is 13.1. The van der Waals surface area contributed by atoms with Crippen molar-refractivity contribution in [3.63, 3.8) is 0 Å². The molecule has 1 aliphatic carbocycles. The Morgan fingerprint density at radius 1 is 1.61 bits per heavy atom. The highest BCUT2D eigenvalue weighted by atomic mass is 35.5. The monoisotopic (exact) mass is 268 g/mol. The summed E-state index contributed by atoms with van der Waals surface area (Å²) in [6, 6.07) is 6.69. The van der Waals surface area contributed by atoms with Crippen molar-refractivity contribution in [3.8, 4) is 0 Å². The Labute approximate surface area is 111 Å². The molecule has 3 unspecified atom stereocenters. The van der Waals surface area contributed by atoms with E-state index in [0.29, 0.717) is 17.2 Å². The van der Waals surface area contributed by atoms with Gasteiger partial charge in [-0.2, -0.15) is 0 Å². The zero-order valence-corrected chi connectivity index (χ0v) is 11.0. The van der Waals surface area contributed by atoms with Gasteiger partial charge in [-0.05, 0) is 31.5 Å². The van der Waals surface area contributed by atoms with Gasteiger partial charge in [0, 0.05) is 23.2 Å². The molecule has 0 heterocycles. The number of amides is 1. The Bertz CT molecular complexity index is 437. The maximum atomic E-state index is 12.0. The number of halogens is 1. The Morgan fingerprint density at radius 2 is 2.39 bits per heavy atom. The summed E-state index contributed by atoms with van der Waals surface area (Å²) >= 11 is 5.85. The fourth-order valence-electron chi connectivity index (χ4n) is 2.09.